The van der Waals surface area contributed by atoms with Crippen LogP contribution in [-0.4, -0.2) is 11.7 Å². The second kappa shape index (κ2) is 10.1. The Morgan fingerprint density at radius 3 is 2.12 bits per heavy atom. The van der Waals surface area contributed by atoms with Crippen LogP contribution in [0.1, 0.15) is 48.5 Å². The monoisotopic (exact) mass is 259 g/mol. The Bertz CT molecular complexity index is 276. The van der Waals surface area contributed by atoms with Crippen LogP contribution in [-0.2, 0) is 4.74 Å². The molecule has 0 bridgehead atoms. The van der Waals surface area contributed by atoms with Crippen molar-refractivity contribution in [1.29, 1.82) is 0 Å². The molecule has 0 radical (unpaired) electrons. The molecule has 1 aromatic rings. The zero-order valence-electron chi connectivity index (χ0n) is 12.0. The summed E-state index contributed by atoms with van der Waals surface area (Å²) in [4.78, 5) is 11.2. The normalized spacial score (nSPS) is 9.12. The molecule has 0 unspecified atom stereocenters. The van der Waals surface area contributed by atoms with Gasteiger partial charge in [0.25, 0.3) is 0 Å². The van der Waals surface area contributed by atoms with Crippen LogP contribution >= 0.6 is 11.3 Å². The van der Waals surface area contributed by atoms with Crippen molar-refractivity contribution >= 4 is 22.4 Å². The van der Waals surface area contributed by atoms with Gasteiger partial charge < -0.3 is 4.74 Å². The Balaban J connectivity index is 0. The quantitative estimate of drug-likeness (QED) is 0.757. The van der Waals surface area contributed by atoms with Crippen molar-refractivity contribution in [3.63, 3.8) is 0 Å². The van der Waals surface area contributed by atoms with Crippen molar-refractivity contribution in [3.8, 4) is 0 Å². The van der Waals surface area contributed by atoms with Crippen LogP contribution < -0.4 is 5.32 Å². The molecule has 0 atom stereocenters. The van der Waals surface area contributed by atoms with Gasteiger partial charge in [-0.1, -0.05) is 27.7 Å². The van der Waals surface area contributed by atoms with E-state index in [-0.39, 0.29) is 0 Å². The molecule has 1 heterocycles. The number of anilines is 1. The van der Waals surface area contributed by atoms with E-state index in [2.05, 4.69) is 5.32 Å². The predicted molar refractivity (Wildman–Crippen MR) is 76.9 cm³/mol. The first-order valence-corrected chi connectivity index (χ1v) is 6.89. The lowest BCUT2D eigenvalue weighted by Gasteiger charge is -2.19. The Hall–Kier alpha value is -1.03. The smallest absolute Gasteiger partial charge is 0.412 e. The van der Waals surface area contributed by atoms with Gasteiger partial charge in [-0.25, -0.2) is 4.79 Å². The molecule has 3 nitrogen and oxygen atoms in total. The molecule has 0 saturated heterocycles. The fourth-order valence-electron chi connectivity index (χ4n) is 0.754. The first-order chi connectivity index (χ1) is 7.97. The second-order valence-corrected chi connectivity index (χ2v) is 4.55. The summed E-state index contributed by atoms with van der Waals surface area (Å²) in [6.07, 6.45) is -0.407. The summed E-state index contributed by atoms with van der Waals surface area (Å²) in [5.41, 5.74) is -0.443. The highest BCUT2D eigenvalue weighted by molar-refractivity contribution is 7.14. The van der Waals surface area contributed by atoms with Crippen molar-refractivity contribution < 1.29 is 9.53 Å². The summed E-state index contributed by atoms with van der Waals surface area (Å²) in [5, 5.41) is 5.33. The van der Waals surface area contributed by atoms with Crippen molar-refractivity contribution in [2.24, 2.45) is 0 Å². The molecule has 0 saturated carbocycles. The minimum Gasteiger partial charge on any atom is -0.444 e. The molecule has 1 amide bonds. The fourth-order valence-corrected chi connectivity index (χ4v) is 1.36. The molecular weight excluding hydrogens is 234 g/mol. The van der Waals surface area contributed by atoms with E-state index < -0.39 is 11.7 Å². The minimum absolute atomic E-state index is 0.407. The van der Waals surface area contributed by atoms with Gasteiger partial charge in [0.15, 0.2) is 0 Å². The van der Waals surface area contributed by atoms with Gasteiger partial charge in [-0.3, -0.25) is 5.32 Å². The first-order valence-electron chi connectivity index (χ1n) is 6.01. The third-order valence-corrected chi connectivity index (χ3v) is 1.93. The average Bonchev–Trinajstić information content (AvgIpc) is 2.73. The van der Waals surface area contributed by atoms with Crippen molar-refractivity contribution in [3.05, 3.63) is 17.5 Å². The maximum absolute atomic E-state index is 11.2. The van der Waals surface area contributed by atoms with Gasteiger partial charge in [-0.05, 0) is 38.3 Å². The van der Waals surface area contributed by atoms with Gasteiger partial charge in [0.1, 0.15) is 5.60 Å². The van der Waals surface area contributed by atoms with E-state index in [9.17, 15) is 4.79 Å². The highest BCUT2D eigenvalue weighted by Crippen LogP contribution is 2.16. The molecule has 1 N–H and O–H groups in total. The van der Waals surface area contributed by atoms with E-state index in [1.54, 1.807) is 0 Å². The molecule has 0 spiro atoms. The van der Waals surface area contributed by atoms with Crippen molar-refractivity contribution in [2.75, 3.05) is 5.32 Å². The van der Waals surface area contributed by atoms with Crippen LogP contribution in [0.4, 0.5) is 9.80 Å². The Morgan fingerprint density at radius 1 is 1.24 bits per heavy atom. The molecule has 0 aliphatic carbocycles. The van der Waals surface area contributed by atoms with Crippen LogP contribution in [0, 0.1) is 0 Å². The van der Waals surface area contributed by atoms with Crippen LogP contribution in [0.15, 0.2) is 17.5 Å². The molecule has 17 heavy (non-hydrogen) atoms. The van der Waals surface area contributed by atoms with Gasteiger partial charge in [0.2, 0.25) is 0 Å². The third-order valence-electron chi connectivity index (χ3n) is 1.15. The maximum atomic E-state index is 11.2. The minimum atomic E-state index is -0.443. The molecule has 4 heteroatoms. The Labute approximate surface area is 109 Å². The standard InChI is InChI=1S/C9H13NO2S.2C2H6/c1-9(2,3)12-8(11)10-7-5-4-6-13-7;2*1-2/h4-6H,1-3H3,(H,10,11);2*1-2H3. The molecular formula is C13H25NO2S. The van der Waals surface area contributed by atoms with Crippen LogP contribution in [0.25, 0.3) is 0 Å². The third kappa shape index (κ3) is 11.2. The molecule has 1 aromatic heterocycles. The lowest BCUT2D eigenvalue weighted by molar-refractivity contribution is 0.0636. The van der Waals surface area contributed by atoms with E-state index in [4.69, 9.17) is 4.74 Å². The lowest BCUT2D eigenvalue weighted by Crippen LogP contribution is -2.26. The van der Waals surface area contributed by atoms with Crippen LogP contribution in [0.3, 0.4) is 0 Å². The SMILES string of the molecule is CC.CC.CC(C)(C)OC(=O)Nc1cccs1. The van der Waals surface area contributed by atoms with E-state index >= 15 is 0 Å². The predicted octanol–water partition coefficient (Wildman–Crippen LogP) is 5.15. The number of carbonyl (C=O) groups excluding carboxylic acids is 1. The summed E-state index contributed by atoms with van der Waals surface area (Å²) in [6, 6.07) is 3.70. The number of ether oxygens (including phenoxy) is 1. The Kier molecular flexibility index (Phi) is 10.9. The zero-order chi connectivity index (χ0) is 13.9. The summed E-state index contributed by atoms with van der Waals surface area (Å²) >= 11 is 1.47. The molecule has 1 rings (SSSR count). The molecule has 0 aliphatic rings. The highest BCUT2D eigenvalue weighted by atomic mass is 32.1. The first kappa shape index (κ1) is 18.3. The number of hydrogen-bond acceptors (Lipinski definition) is 3. The summed E-state index contributed by atoms with van der Waals surface area (Å²) in [6.45, 7) is 13.5. The molecule has 100 valence electrons. The number of hydrogen-bond donors (Lipinski definition) is 1. The second-order valence-electron chi connectivity index (χ2n) is 3.60. The lowest BCUT2D eigenvalue weighted by atomic mass is 10.2. The topological polar surface area (TPSA) is 38.3 Å². The van der Waals surface area contributed by atoms with E-state index in [1.165, 1.54) is 11.3 Å². The molecule has 0 aromatic carbocycles. The molecule has 0 fully saturated rings. The largest absolute Gasteiger partial charge is 0.444 e. The van der Waals surface area contributed by atoms with E-state index in [0.717, 1.165) is 5.00 Å². The van der Waals surface area contributed by atoms with Crippen LogP contribution in [0.2, 0.25) is 0 Å². The number of rotatable bonds is 1. The van der Waals surface area contributed by atoms with Crippen molar-refractivity contribution in [1.82, 2.24) is 0 Å². The van der Waals surface area contributed by atoms with E-state index in [0.29, 0.717) is 0 Å². The Morgan fingerprint density at radius 2 is 1.76 bits per heavy atom. The van der Waals surface area contributed by atoms with E-state index in [1.807, 2.05) is 66.0 Å². The van der Waals surface area contributed by atoms with Gasteiger partial charge in [0, 0.05) is 0 Å². The fraction of sp³-hybridized carbons (Fsp3) is 0.615. The highest BCUT2D eigenvalue weighted by Gasteiger charge is 2.16. The average molecular weight is 259 g/mol. The summed E-state index contributed by atoms with van der Waals surface area (Å²) < 4.78 is 5.07. The van der Waals surface area contributed by atoms with Gasteiger partial charge >= 0.3 is 6.09 Å². The molecule has 0 aliphatic heterocycles. The number of amides is 1. The zero-order valence-corrected chi connectivity index (χ0v) is 12.8. The van der Waals surface area contributed by atoms with Gasteiger partial charge in [-0.2, -0.15) is 0 Å². The maximum Gasteiger partial charge on any atom is 0.412 e. The number of nitrogens with one attached hydrogen (secondary N) is 1. The number of carbonyl (C=O) groups is 1. The van der Waals surface area contributed by atoms with Crippen molar-refractivity contribution in [2.45, 2.75) is 54.1 Å². The summed E-state index contributed by atoms with van der Waals surface area (Å²) in [5.74, 6) is 0. The number of thiophene rings is 1. The van der Waals surface area contributed by atoms with Gasteiger partial charge in [0.05, 0.1) is 5.00 Å². The van der Waals surface area contributed by atoms with Gasteiger partial charge in [-0.15, -0.1) is 11.3 Å². The van der Waals surface area contributed by atoms with Crippen LogP contribution in [0.5, 0.6) is 0 Å². The summed E-state index contributed by atoms with van der Waals surface area (Å²) in [7, 11) is 0.